The van der Waals surface area contributed by atoms with Gasteiger partial charge in [0.2, 0.25) is 0 Å². The Morgan fingerprint density at radius 1 is 1.00 bits per heavy atom. The number of hydrogen-bond donors (Lipinski definition) is 1. The van der Waals surface area contributed by atoms with Gasteiger partial charge in [0.15, 0.2) is 0 Å². The van der Waals surface area contributed by atoms with Crippen molar-refractivity contribution in [1.29, 1.82) is 0 Å². The van der Waals surface area contributed by atoms with Gasteiger partial charge in [0, 0.05) is 12.1 Å². The Morgan fingerprint density at radius 2 is 1.81 bits per heavy atom. The highest BCUT2D eigenvalue weighted by molar-refractivity contribution is 5.59. The Kier molecular flexibility index (Phi) is 3.49. The van der Waals surface area contributed by atoms with Crippen LogP contribution in [-0.2, 0) is 0 Å². The van der Waals surface area contributed by atoms with Crippen LogP contribution < -0.4 is 5.32 Å². The highest BCUT2D eigenvalue weighted by Crippen LogP contribution is 2.15. The molecule has 0 aliphatic carbocycles. The minimum atomic E-state index is 0.835. The molecule has 0 spiro atoms. The molecule has 2 aromatic rings. The van der Waals surface area contributed by atoms with E-state index in [1.165, 1.54) is 0 Å². The Bertz CT molecular complexity index is 423. The van der Waals surface area contributed by atoms with E-state index >= 15 is 0 Å². The fourth-order valence-corrected chi connectivity index (χ4v) is 1.44. The molecule has 1 aromatic heterocycles. The van der Waals surface area contributed by atoms with Crippen LogP contribution >= 0.6 is 0 Å². The summed E-state index contributed by atoms with van der Waals surface area (Å²) in [5.41, 5.74) is 2.00. The minimum absolute atomic E-state index is 0.835. The first-order valence-corrected chi connectivity index (χ1v) is 5.53. The van der Waals surface area contributed by atoms with Gasteiger partial charge in [-0.1, -0.05) is 37.3 Å². The summed E-state index contributed by atoms with van der Waals surface area (Å²) in [5, 5.41) is 11.5. The largest absolute Gasteiger partial charge is 0.369 e. The zero-order valence-corrected chi connectivity index (χ0v) is 9.35. The van der Waals surface area contributed by atoms with E-state index in [0.717, 1.165) is 30.0 Å². The van der Waals surface area contributed by atoms with E-state index in [1.807, 2.05) is 42.5 Å². The smallest absolute Gasteiger partial charge is 0.148 e. The average Bonchev–Trinajstić information content (AvgIpc) is 2.38. The molecule has 0 aliphatic rings. The van der Waals surface area contributed by atoms with Crippen molar-refractivity contribution >= 4 is 5.82 Å². The highest BCUT2D eigenvalue weighted by Gasteiger charge is 1.99. The second-order valence-electron chi connectivity index (χ2n) is 3.60. The van der Waals surface area contributed by atoms with Crippen molar-refractivity contribution in [2.24, 2.45) is 0 Å². The van der Waals surface area contributed by atoms with Crippen LogP contribution in [0.2, 0.25) is 0 Å². The molecule has 1 heterocycles. The van der Waals surface area contributed by atoms with E-state index in [4.69, 9.17) is 0 Å². The second-order valence-corrected chi connectivity index (χ2v) is 3.60. The van der Waals surface area contributed by atoms with Crippen molar-refractivity contribution in [3.05, 3.63) is 42.5 Å². The van der Waals surface area contributed by atoms with Crippen molar-refractivity contribution in [3.8, 4) is 11.3 Å². The zero-order valence-electron chi connectivity index (χ0n) is 9.35. The molecule has 0 fully saturated rings. The van der Waals surface area contributed by atoms with Crippen molar-refractivity contribution < 1.29 is 0 Å². The van der Waals surface area contributed by atoms with Gasteiger partial charge in [0.25, 0.3) is 0 Å². The zero-order chi connectivity index (χ0) is 11.2. The fourth-order valence-electron chi connectivity index (χ4n) is 1.44. The van der Waals surface area contributed by atoms with Crippen molar-refractivity contribution in [2.45, 2.75) is 13.3 Å². The van der Waals surface area contributed by atoms with Gasteiger partial charge < -0.3 is 5.32 Å². The van der Waals surface area contributed by atoms with E-state index in [9.17, 15) is 0 Å². The maximum atomic E-state index is 4.19. The highest BCUT2D eigenvalue weighted by atomic mass is 15.2. The van der Waals surface area contributed by atoms with Gasteiger partial charge in [0.05, 0.1) is 5.69 Å². The van der Waals surface area contributed by atoms with Gasteiger partial charge in [-0.05, 0) is 18.6 Å². The first kappa shape index (κ1) is 10.6. The standard InChI is InChI=1S/C13H15N3/c1-2-10-14-13-9-8-12(15-16-13)11-6-4-3-5-7-11/h3-9H,2,10H2,1H3,(H,14,16). The van der Waals surface area contributed by atoms with Crippen LogP contribution in [0, 0.1) is 0 Å². The molecule has 0 atom stereocenters. The molecule has 0 amide bonds. The van der Waals surface area contributed by atoms with E-state index < -0.39 is 0 Å². The molecular weight excluding hydrogens is 198 g/mol. The number of nitrogens with one attached hydrogen (secondary N) is 1. The van der Waals surface area contributed by atoms with E-state index in [0.29, 0.717) is 0 Å². The molecule has 0 saturated heterocycles. The molecular formula is C13H15N3. The Morgan fingerprint density at radius 3 is 2.44 bits per heavy atom. The van der Waals surface area contributed by atoms with E-state index in [-0.39, 0.29) is 0 Å². The average molecular weight is 213 g/mol. The van der Waals surface area contributed by atoms with Crippen LogP contribution in [0.5, 0.6) is 0 Å². The second kappa shape index (κ2) is 5.26. The Labute approximate surface area is 95.5 Å². The summed E-state index contributed by atoms with van der Waals surface area (Å²) < 4.78 is 0. The molecule has 0 bridgehead atoms. The molecule has 82 valence electrons. The van der Waals surface area contributed by atoms with Gasteiger partial charge in [-0.15, -0.1) is 10.2 Å². The van der Waals surface area contributed by atoms with Crippen LogP contribution in [0.1, 0.15) is 13.3 Å². The van der Waals surface area contributed by atoms with E-state index in [1.54, 1.807) is 0 Å². The lowest BCUT2D eigenvalue weighted by Gasteiger charge is -2.03. The van der Waals surface area contributed by atoms with Crippen molar-refractivity contribution in [2.75, 3.05) is 11.9 Å². The van der Waals surface area contributed by atoms with Crippen LogP contribution in [0.25, 0.3) is 11.3 Å². The van der Waals surface area contributed by atoms with Gasteiger partial charge >= 0.3 is 0 Å². The molecule has 2 rings (SSSR count). The lowest BCUT2D eigenvalue weighted by atomic mass is 10.1. The maximum Gasteiger partial charge on any atom is 0.148 e. The SMILES string of the molecule is CCCNc1ccc(-c2ccccc2)nn1. The molecule has 0 saturated carbocycles. The normalized spacial score (nSPS) is 10.1. The summed E-state index contributed by atoms with van der Waals surface area (Å²) in [6, 6.07) is 14.0. The molecule has 3 heteroatoms. The first-order chi connectivity index (χ1) is 7.90. The summed E-state index contributed by atoms with van der Waals surface area (Å²) in [7, 11) is 0. The quantitative estimate of drug-likeness (QED) is 0.848. The number of anilines is 1. The Balaban J connectivity index is 2.13. The predicted molar refractivity (Wildman–Crippen MR) is 66.2 cm³/mol. The fraction of sp³-hybridized carbons (Fsp3) is 0.231. The van der Waals surface area contributed by atoms with Crippen molar-refractivity contribution in [1.82, 2.24) is 10.2 Å². The summed E-state index contributed by atoms with van der Waals surface area (Å²) in [6.45, 7) is 3.05. The monoisotopic (exact) mass is 213 g/mol. The van der Waals surface area contributed by atoms with Crippen molar-refractivity contribution in [3.63, 3.8) is 0 Å². The predicted octanol–water partition coefficient (Wildman–Crippen LogP) is 2.97. The molecule has 1 aromatic carbocycles. The third-order valence-electron chi connectivity index (χ3n) is 2.29. The number of rotatable bonds is 4. The van der Waals surface area contributed by atoms with Crippen LogP contribution in [0.3, 0.4) is 0 Å². The molecule has 0 radical (unpaired) electrons. The number of aromatic nitrogens is 2. The number of hydrogen-bond acceptors (Lipinski definition) is 3. The van der Waals surface area contributed by atoms with Gasteiger partial charge in [-0.3, -0.25) is 0 Å². The summed E-state index contributed by atoms with van der Waals surface area (Å²) in [5.74, 6) is 0.835. The summed E-state index contributed by atoms with van der Waals surface area (Å²) in [6.07, 6.45) is 1.09. The molecule has 1 N–H and O–H groups in total. The maximum absolute atomic E-state index is 4.19. The molecule has 0 unspecified atom stereocenters. The van der Waals surface area contributed by atoms with Gasteiger partial charge in [0.1, 0.15) is 5.82 Å². The molecule has 0 aliphatic heterocycles. The summed E-state index contributed by atoms with van der Waals surface area (Å²) in [4.78, 5) is 0. The third kappa shape index (κ3) is 2.57. The third-order valence-corrected chi connectivity index (χ3v) is 2.29. The topological polar surface area (TPSA) is 37.8 Å². The van der Waals surface area contributed by atoms with Gasteiger partial charge in [-0.25, -0.2) is 0 Å². The lowest BCUT2D eigenvalue weighted by Crippen LogP contribution is -2.02. The Hall–Kier alpha value is -1.90. The number of benzene rings is 1. The molecule has 3 nitrogen and oxygen atoms in total. The van der Waals surface area contributed by atoms with Gasteiger partial charge in [-0.2, -0.15) is 0 Å². The van der Waals surface area contributed by atoms with Crippen LogP contribution in [0.15, 0.2) is 42.5 Å². The first-order valence-electron chi connectivity index (χ1n) is 5.53. The van der Waals surface area contributed by atoms with Crippen LogP contribution in [-0.4, -0.2) is 16.7 Å². The molecule has 16 heavy (non-hydrogen) atoms. The minimum Gasteiger partial charge on any atom is -0.369 e. The number of nitrogens with zero attached hydrogens (tertiary/aromatic N) is 2. The van der Waals surface area contributed by atoms with Crippen LogP contribution in [0.4, 0.5) is 5.82 Å². The lowest BCUT2D eigenvalue weighted by molar-refractivity contribution is 0.945. The van der Waals surface area contributed by atoms with E-state index in [2.05, 4.69) is 22.4 Å². The summed E-state index contributed by atoms with van der Waals surface area (Å²) >= 11 is 0.